The lowest BCUT2D eigenvalue weighted by Gasteiger charge is -2.21. The van der Waals surface area contributed by atoms with Gasteiger partial charge in [-0.15, -0.1) is 0 Å². The Balaban J connectivity index is 0.000000880. The van der Waals surface area contributed by atoms with Gasteiger partial charge in [-0.2, -0.15) is 0 Å². The molecule has 2 N–H and O–H groups in total. The van der Waals surface area contributed by atoms with Gasteiger partial charge in [0.1, 0.15) is 5.35 Å². The molecule has 1 aliphatic rings. The van der Waals surface area contributed by atoms with E-state index in [0.29, 0.717) is 43.8 Å². The number of carbonyl (C=O) groups excluding carboxylic acids is 3. The number of carbonyl (C=O) groups is 2. The summed E-state index contributed by atoms with van der Waals surface area (Å²) in [7, 11) is 0. The predicted octanol–water partition coefficient (Wildman–Crippen LogP) is 1.43. The molecule has 6 nitrogen and oxygen atoms in total. The zero-order valence-electron chi connectivity index (χ0n) is 14.3. The minimum atomic E-state index is -0.503. The number of aromatic nitrogens is 1. The van der Waals surface area contributed by atoms with Gasteiger partial charge in [0.05, 0.1) is 10.9 Å². The molecule has 0 saturated carbocycles. The van der Waals surface area contributed by atoms with Gasteiger partial charge >= 0.3 is 0 Å². The van der Waals surface area contributed by atoms with Crippen molar-refractivity contribution in [3.8, 4) is 0 Å². The third-order valence-electron chi connectivity index (χ3n) is 4.33. The molecule has 1 aromatic heterocycles. The third-order valence-corrected chi connectivity index (χ3v) is 4.33. The number of benzene rings is 2. The molecule has 0 aliphatic carbocycles. The van der Waals surface area contributed by atoms with Crippen molar-refractivity contribution in [2.24, 2.45) is 0 Å². The molecule has 0 bridgehead atoms. The predicted molar refractivity (Wildman–Crippen MR) is 94.7 cm³/mol. The Labute approximate surface area is 142 Å². The van der Waals surface area contributed by atoms with E-state index in [4.69, 9.17) is 0 Å². The molecule has 2 heterocycles. The lowest BCUT2D eigenvalue weighted by atomic mass is 9.86. The maximum absolute atomic E-state index is 12.3. The quantitative estimate of drug-likeness (QED) is 0.607. The number of nitrogens with one attached hydrogen (secondary N) is 2. The zero-order chi connectivity index (χ0) is 18.5. The Kier molecular flexibility index (Phi) is 3.78. The number of amides is 2. The Morgan fingerprint density at radius 2 is 1.56 bits per heavy atom. The van der Waals surface area contributed by atoms with Crippen LogP contribution in [0.25, 0.3) is 21.5 Å². The lowest BCUT2D eigenvalue weighted by Crippen LogP contribution is -2.36. The van der Waals surface area contributed by atoms with Crippen LogP contribution in [-0.2, 0) is 4.79 Å². The van der Waals surface area contributed by atoms with Crippen LogP contribution in [0.2, 0.25) is 0 Å². The summed E-state index contributed by atoms with van der Waals surface area (Å²) in [5, 5.41) is 4.09. The van der Waals surface area contributed by atoms with Crippen molar-refractivity contribution in [1.29, 1.82) is 0 Å². The minimum absolute atomic E-state index is 0.0205. The molecule has 0 saturated heterocycles. The normalized spacial score (nSPS) is 12.6. The second kappa shape index (κ2) is 5.69. The van der Waals surface area contributed by atoms with Gasteiger partial charge < -0.3 is 4.98 Å². The van der Waals surface area contributed by atoms with E-state index < -0.39 is 17.4 Å². The second-order valence-corrected chi connectivity index (χ2v) is 5.70. The fourth-order valence-electron chi connectivity index (χ4n) is 3.42. The number of aromatic amines is 1. The van der Waals surface area contributed by atoms with E-state index in [1.54, 1.807) is 31.9 Å². The average Bonchev–Trinajstić information content (AvgIpc) is 2.59. The smallest absolute Gasteiger partial charge is 0.259 e. The highest BCUT2D eigenvalue weighted by Crippen LogP contribution is 2.34. The van der Waals surface area contributed by atoms with Crippen LogP contribution in [0.4, 0.5) is 0 Å². The number of hydrogen-bond acceptors (Lipinski definition) is 4. The molecule has 126 valence electrons. The van der Waals surface area contributed by atoms with Crippen LogP contribution in [0.3, 0.4) is 0 Å². The lowest BCUT2D eigenvalue weighted by molar-refractivity contribution is 0.0844. The number of pyridine rings is 1. The summed E-state index contributed by atoms with van der Waals surface area (Å²) < 4.78 is 0. The maximum Gasteiger partial charge on any atom is 0.259 e. The number of hydrogen-bond donors (Lipinski definition) is 2. The SMILES string of the molecule is CC.Cc1cc2c(=C=O)[nH]c(=O)c3c(C)cc4c(c1C(=O)NC4=O)c23. The highest BCUT2D eigenvalue weighted by molar-refractivity contribution is 6.31. The molecule has 0 spiro atoms. The van der Waals surface area contributed by atoms with Gasteiger partial charge in [-0.3, -0.25) is 19.7 Å². The van der Waals surface area contributed by atoms with Gasteiger partial charge in [-0.05, 0) is 37.1 Å². The molecule has 6 heteroatoms. The maximum atomic E-state index is 12.3. The Bertz CT molecular complexity index is 1210. The molecular formula is C19H16N2O4. The van der Waals surface area contributed by atoms with Crippen LogP contribution >= 0.6 is 0 Å². The van der Waals surface area contributed by atoms with Crippen molar-refractivity contribution >= 4 is 39.3 Å². The highest BCUT2D eigenvalue weighted by atomic mass is 16.2. The van der Waals surface area contributed by atoms with Crippen molar-refractivity contribution in [2.45, 2.75) is 27.7 Å². The van der Waals surface area contributed by atoms with Crippen molar-refractivity contribution in [3.63, 3.8) is 0 Å². The molecule has 25 heavy (non-hydrogen) atoms. The molecule has 4 rings (SSSR count). The van der Waals surface area contributed by atoms with E-state index in [0.717, 1.165) is 0 Å². The molecule has 0 radical (unpaired) electrons. The van der Waals surface area contributed by atoms with Gasteiger partial charge in [0.15, 0.2) is 5.94 Å². The van der Waals surface area contributed by atoms with Crippen LogP contribution in [0, 0.1) is 13.8 Å². The van der Waals surface area contributed by atoms with E-state index in [1.165, 1.54) is 0 Å². The van der Waals surface area contributed by atoms with Crippen LogP contribution in [0.5, 0.6) is 0 Å². The summed E-state index contributed by atoms with van der Waals surface area (Å²) in [5.41, 5.74) is 1.49. The molecular weight excluding hydrogens is 320 g/mol. The first-order valence-corrected chi connectivity index (χ1v) is 7.97. The molecule has 1 aliphatic heterocycles. The van der Waals surface area contributed by atoms with Crippen LogP contribution < -0.4 is 16.2 Å². The van der Waals surface area contributed by atoms with Crippen LogP contribution in [0.1, 0.15) is 45.7 Å². The second-order valence-electron chi connectivity index (χ2n) is 5.70. The average molecular weight is 336 g/mol. The molecule has 2 amide bonds. The monoisotopic (exact) mass is 336 g/mol. The van der Waals surface area contributed by atoms with E-state index in [-0.39, 0.29) is 5.35 Å². The molecule has 3 aromatic rings. The van der Waals surface area contributed by atoms with Gasteiger partial charge in [0, 0.05) is 21.7 Å². The fraction of sp³-hybridized carbons (Fsp3) is 0.211. The summed E-state index contributed by atoms with van der Waals surface area (Å²) in [6.45, 7) is 7.44. The van der Waals surface area contributed by atoms with Crippen LogP contribution in [0.15, 0.2) is 16.9 Å². The van der Waals surface area contributed by atoms with Crippen molar-refractivity contribution in [2.75, 3.05) is 0 Å². The van der Waals surface area contributed by atoms with E-state index in [1.807, 2.05) is 13.8 Å². The van der Waals surface area contributed by atoms with E-state index in [2.05, 4.69) is 10.3 Å². The van der Waals surface area contributed by atoms with Gasteiger partial charge in [0.25, 0.3) is 17.4 Å². The summed E-state index contributed by atoms with van der Waals surface area (Å²) in [6.07, 6.45) is 0. The molecule has 0 fully saturated rings. The first-order valence-electron chi connectivity index (χ1n) is 7.97. The summed E-state index contributed by atoms with van der Waals surface area (Å²) in [5.74, 6) is 0.729. The van der Waals surface area contributed by atoms with Gasteiger partial charge in [0.2, 0.25) is 0 Å². The number of imide groups is 1. The summed E-state index contributed by atoms with van der Waals surface area (Å²) in [6, 6.07) is 3.26. The summed E-state index contributed by atoms with van der Waals surface area (Å²) >= 11 is 0. The van der Waals surface area contributed by atoms with Gasteiger partial charge in [-0.25, -0.2) is 4.79 Å². The third kappa shape index (κ3) is 2.12. The number of H-pyrrole nitrogens is 1. The fourth-order valence-corrected chi connectivity index (χ4v) is 3.42. The molecule has 0 atom stereocenters. The first-order chi connectivity index (χ1) is 11.9. The van der Waals surface area contributed by atoms with E-state index in [9.17, 15) is 19.2 Å². The largest absolute Gasteiger partial charge is 0.312 e. The molecule has 2 aromatic carbocycles. The number of aryl methyl sites for hydroxylation is 2. The first kappa shape index (κ1) is 16.6. The standard InChI is InChI=1S/C17H10N2O4.C2H6/c1-6-3-8-10(5-20)18-16(22)11-7(2)4-9-14(13(8)11)12(6)17(23)19-15(9)21;1-2/h3-4H,1-2H3,(H,18,22)(H,19,21,23);1-2H3. The Hall–Kier alpha value is -3.24. The van der Waals surface area contributed by atoms with E-state index >= 15 is 0 Å². The van der Waals surface area contributed by atoms with Gasteiger partial charge in [-0.1, -0.05) is 13.8 Å². The Morgan fingerprint density at radius 1 is 0.880 bits per heavy atom. The van der Waals surface area contributed by atoms with Crippen LogP contribution in [-0.4, -0.2) is 22.7 Å². The Morgan fingerprint density at radius 3 is 2.20 bits per heavy atom. The minimum Gasteiger partial charge on any atom is -0.312 e. The zero-order valence-corrected chi connectivity index (χ0v) is 14.3. The van der Waals surface area contributed by atoms with Crippen molar-refractivity contribution in [3.05, 3.63) is 50.1 Å². The highest BCUT2D eigenvalue weighted by Gasteiger charge is 2.29. The topological polar surface area (TPSA) is 96.1 Å². The molecule has 0 unspecified atom stereocenters. The summed E-state index contributed by atoms with van der Waals surface area (Å²) in [4.78, 5) is 50.5. The van der Waals surface area contributed by atoms with Crippen molar-refractivity contribution in [1.82, 2.24) is 10.3 Å². The number of rotatable bonds is 0. The van der Waals surface area contributed by atoms with Crippen molar-refractivity contribution < 1.29 is 14.4 Å².